The van der Waals surface area contributed by atoms with Crippen molar-refractivity contribution in [2.75, 3.05) is 4.90 Å². The number of hydrogen-bond donors (Lipinski definition) is 2. The number of carbonyl (C=O) groups is 4. The minimum Gasteiger partial charge on any atom is -0.336 e. The Hall–Kier alpha value is -4.22. The van der Waals surface area contributed by atoms with Crippen LogP contribution in [0.15, 0.2) is 64.4 Å². The summed E-state index contributed by atoms with van der Waals surface area (Å²) in [6.07, 6.45) is 4.45. The first-order valence-corrected chi connectivity index (χ1v) is 13.8. The SMILES string of the molecule is O=C1NC(=O)/C(=C/c2ccc3c(c2)CCc2cc(/C=C4\SC(=O)NC4=O)ccc2N3Cc2c(F)cccc2F)S1. The van der Waals surface area contributed by atoms with Crippen LogP contribution in [-0.4, -0.2) is 22.3 Å². The molecule has 200 valence electrons. The molecule has 0 aromatic heterocycles. The van der Waals surface area contributed by atoms with Crippen LogP contribution in [0, 0.1) is 11.6 Å². The summed E-state index contributed by atoms with van der Waals surface area (Å²) in [5.74, 6) is -2.21. The number of amides is 4. The maximum atomic E-state index is 14.8. The Morgan fingerprint density at radius 3 is 1.62 bits per heavy atom. The van der Waals surface area contributed by atoms with Gasteiger partial charge in [0, 0.05) is 16.9 Å². The van der Waals surface area contributed by atoms with E-state index < -0.39 is 33.9 Å². The van der Waals surface area contributed by atoms with Crippen molar-refractivity contribution in [1.82, 2.24) is 10.6 Å². The number of imide groups is 2. The van der Waals surface area contributed by atoms with Gasteiger partial charge in [-0.2, -0.15) is 0 Å². The lowest BCUT2D eigenvalue weighted by molar-refractivity contribution is -0.116. The van der Waals surface area contributed by atoms with Crippen LogP contribution in [0.4, 0.5) is 29.7 Å². The van der Waals surface area contributed by atoms with Gasteiger partial charge in [-0.15, -0.1) is 0 Å². The second-order valence-electron chi connectivity index (χ2n) is 9.27. The van der Waals surface area contributed by atoms with Crippen LogP contribution in [0.2, 0.25) is 0 Å². The number of fused-ring (bicyclic) bond motifs is 2. The first kappa shape index (κ1) is 26.0. The molecule has 0 spiro atoms. The second kappa shape index (κ2) is 10.4. The Morgan fingerprint density at radius 1 is 0.725 bits per heavy atom. The lowest BCUT2D eigenvalue weighted by atomic mass is 10.0. The Bertz CT molecular complexity index is 1580. The maximum Gasteiger partial charge on any atom is 0.290 e. The second-order valence-corrected chi connectivity index (χ2v) is 11.3. The van der Waals surface area contributed by atoms with Gasteiger partial charge < -0.3 is 4.90 Å². The molecule has 0 atom stereocenters. The standard InChI is InChI=1S/C29H19F2N3O4S2/c30-20-2-1-3-21(31)19(20)14-34-22-8-4-15(12-24-26(35)32-28(37)39-24)10-17(22)6-7-18-11-16(5-9-23(18)34)13-25-27(36)33-29(38)40-25/h1-5,8-13H,6-7,14H2,(H,32,35,37)(H,33,36,38)/b24-12-,25-13-. The lowest BCUT2D eigenvalue weighted by Gasteiger charge is -2.28. The molecule has 3 aliphatic heterocycles. The number of halogens is 2. The van der Waals surface area contributed by atoms with E-state index in [2.05, 4.69) is 10.6 Å². The van der Waals surface area contributed by atoms with Crippen molar-refractivity contribution in [2.24, 2.45) is 0 Å². The molecule has 6 rings (SSSR count). The van der Waals surface area contributed by atoms with E-state index in [1.807, 2.05) is 29.2 Å². The lowest BCUT2D eigenvalue weighted by Crippen LogP contribution is -2.20. The van der Waals surface area contributed by atoms with E-state index in [0.717, 1.165) is 46.0 Å². The van der Waals surface area contributed by atoms with Crippen LogP contribution in [-0.2, 0) is 29.0 Å². The highest BCUT2D eigenvalue weighted by atomic mass is 32.2. The highest BCUT2D eigenvalue weighted by molar-refractivity contribution is 8.18. The highest BCUT2D eigenvalue weighted by Gasteiger charge is 2.28. The summed E-state index contributed by atoms with van der Waals surface area (Å²) in [7, 11) is 0. The van der Waals surface area contributed by atoms with Gasteiger partial charge in [0.2, 0.25) is 0 Å². The molecule has 0 bridgehead atoms. The summed E-state index contributed by atoms with van der Waals surface area (Å²) in [5.41, 5.74) is 4.66. The molecule has 40 heavy (non-hydrogen) atoms. The maximum absolute atomic E-state index is 14.8. The topological polar surface area (TPSA) is 95.6 Å². The third-order valence-corrected chi connectivity index (χ3v) is 8.33. The Balaban J connectivity index is 1.42. The molecule has 7 nitrogen and oxygen atoms in total. The van der Waals surface area contributed by atoms with Gasteiger partial charge in [0.15, 0.2) is 0 Å². The summed E-state index contributed by atoms with van der Waals surface area (Å²) in [5, 5.41) is 3.62. The number of anilines is 2. The number of carbonyl (C=O) groups excluding carboxylic acids is 4. The number of nitrogens with zero attached hydrogens (tertiary/aromatic N) is 1. The Labute approximate surface area is 235 Å². The molecule has 2 saturated heterocycles. The molecule has 3 aromatic rings. The molecule has 0 unspecified atom stereocenters. The smallest absolute Gasteiger partial charge is 0.290 e. The van der Waals surface area contributed by atoms with E-state index >= 15 is 0 Å². The van der Waals surface area contributed by atoms with Gasteiger partial charge in [0.05, 0.1) is 16.4 Å². The minimum absolute atomic E-state index is 0.0705. The zero-order chi connectivity index (χ0) is 28.0. The number of aryl methyl sites for hydroxylation is 2. The van der Waals surface area contributed by atoms with Gasteiger partial charge >= 0.3 is 0 Å². The van der Waals surface area contributed by atoms with Gasteiger partial charge in [-0.05, 0) is 107 Å². The van der Waals surface area contributed by atoms with Gasteiger partial charge in [-0.1, -0.05) is 18.2 Å². The van der Waals surface area contributed by atoms with Crippen molar-refractivity contribution in [3.63, 3.8) is 0 Å². The molecular weight excluding hydrogens is 556 g/mol. The average molecular weight is 576 g/mol. The number of hydrogen-bond acceptors (Lipinski definition) is 7. The van der Waals surface area contributed by atoms with Crippen molar-refractivity contribution >= 4 is 69.3 Å². The molecule has 3 aromatic carbocycles. The number of rotatable bonds is 4. The van der Waals surface area contributed by atoms with Gasteiger partial charge in [0.1, 0.15) is 11.6 Å². The molecule has 0 aliphatic carbocycles. The zero-order valence-electron chi connectivity index (χ0n) is 20.6. The number of benzene rings is 3. The first-order chi connectivity index (χ1) is 19.2. The summed E-state index contributed by atoms with van der Waals surface area (Å²) in [6, 6.07) is 14.9. The predicted octanol–water partition coefficient (Wildman–Crippen LogP) is 6.05. The number of nitrogens with one attached hydrogen (secondary N) is 2. The quantitative estimate of drug-likeness (QED) is 0.366. The summed E-state index contributed by atoms with van der Waals surface area (Å²) in [6.45, 7) is -0.0705. The molecule has 11 heteroatoms. The Kier molecular flexibility index (Phi) is 6.77. The summed E-state index contributed by atoms with van der Waals surface area (Å²) >= 11 is 1.66. The molecule has 2 fully saturated rings. The van der Waals surface area contributed by atoms with Crippen LogP contribution in [0.5, 0.6) is 0 Å². The van der Waals surface area contributed by atoms with Crippen LogP contribution < -0.4 is 15.5 Å². The largest absolute Gasteiger partial charge is 0.336 e. The monoisotopic (exact) mass is 575 g/mol. The molecule has 3 heterocycles. The summed E-state index contributed by atoms with van der Waals surface area (Å²) < 4.78 is 29.5. The van der Waals surface area contributed by atoms with E-state index in [0.29, 0.717) is 24.0 Å². The molecule has 0 saturated carbocycles. The van der Waals surface area contributed by atoms with Crippen LogP contribution in [0.25, 0.3) is 12.2 Å². The van der Waals surface area contributed by atoms with Crippen molar-refractivity contribution in [3.05, 3.63) is 104 Å². The van der Waals surface area contributed by atoms with Crippen molar-refractivity contribution < 1.29 is 28.0 Å². The number of thioether (sulfide) groups is 2. The minimum atomic E-state index is -0.655. The van der Waals surface area contributed by atoms with E-state index in [1.54, 1.807) is 24.3 Å². The third-order valence-electron chi connectivity index (χ3n) is 6.71. The molecule has 4 amide bonds. The molecule has 0 radical (unpaired) electrons. The average Bonchev–Trinajstić information content (AvgIpc) is 3.35. The van der Waals surface area contributed by atoms with E-state index in [9.17, 15) is 28.0 Å². The fraction of sp³-hybridized carbons (Fsp3) is 0.103. The van der Waals surface area contributed by atoms with Crippen molar-refractivity contribution in [3.8, 4) is 0 Å². The van der Waals surface area contributed by atoms with Gasteiger partial charge in [-0.3, -0.25) is 29.8 Å². The van der Waals surface area contributed by atoms with E-state index in [1.165, 1.54) is 18.2 Å². The van der Waals surface area contributed by atoms with Crippen LogP contribution >= 0.6 is 23.5 Å². The highest BCUT2D eigenvalue weighted by Crippen LogP contribution is 2.40. The van der Waals surface area contributed by atoms with Gasteiger partial charge in [-0.25, -0.2) is 8.78 Å². The Morgan fingerprint density at radius 2 is 1.20 bits per heavy atom. The zero-order valence-corrected chi connectivity index (χ0v) is 22.3. The molecule has 3 aliphatic rings. The van der Waals surface area contributed by atoms with Crippen molar-refractivity contribution in [1.29, 1.82) is 0 Å². The molecule has 2 N–H and O–H groups in total. The summed E-state index contributed by atoms with van der Waals surface area (Å²) in [4.78, 5) is 49.7. The fourth-order valence-corrected chi connectivity index (χ4v) is 6.24. The first-order valence-electron chi connectivity index (χ1n) is 12.2. The van der Waals surface area contributed by atoms with E-state index in [-0.39, 0.29) is 21.9 Å². The van der Waals surface area contributed by atoms with E-state index in [4.69, 9.17) is 0 Å². The van der Waals surface area contributed by atoms with Crippen LogP contribution in [0.1, 0.15) is 27.8 Å². The predicted molar refractivity (Wildman–Crippen MR) is 151 cm³/mol. The third kappa shape index (κ3) is 5.05. The van der Waals surface area contributed by atoms with Gasteiger partial charge in [0.25, 0.3) is 22.3 Å². The molecular formula is C29H19F2N3O4S2. The van der Waals surface area contributed by atoms with Crippen molar-refractivity contribution in [2.45, 2.75) is 19.4 Å². The normalized spacial score (nSPS) is 18.6. The fourth-order valence-electron chi connectivity index (χ4n) is 4.87. The van der Waals surface area contributed by atoms with Crippen LogP contribution in [0.3, 0.4) is 0 Å².